The fraction of sp³-hybridized carbons (Fsp3) is 0.273. The molecule has 0 fully saturated rings. The Kier molecular flexibility index (Phi) is 5.24. The summed E-state index contributed by atoms with van der Waals surface area (Å²) >= 11 is 0. The molecule has 0 bridgehead atoms. The standard InChI is InChI=1S/C22H24N4O3/c1-13-9-8-12-15(22(2,3)4)17(13)24-20(28)18(27)16-19(23)25-26(21(16)29)14-10-6-5-7-11-14/h5-12,16H,1-4H3,(H2,23,25)(H,24,28)/t16-/m0/s1. The molecule has 0 unspecified atom stereocenters. The quantitative estimate of drug-likeness (QED) is 0.616. The van der Waals surface area contributed by atoms with Crippen LogP contribution in [0.15, 0.2) is 53.6 Å². The predicted octanol–water partition coefficient (Wildman–Crippen LogP) is 2.74. The smallest absolute Gasteiger partial charge is 0.293 e. The zero-order valence-corrected chi connectivity index (χ0v) is 16.9. The van der Waals surface area contributed by atoms with Gasteiger partial charge in [-0.15, -0.1) is 0 Å². The van der Waals surface area contributed by atoms with Gasteiger partial charge in [0.2, 0.25) is 5.78 Å². The molecule has 1 heterocycles. The van der Waals surface area contributed by atoms with Crippen LogP contribution < -0.4 is 16.1 Å². The number of nitrogens with zero attached hydrogens (tertiary/aromatic N) is 2. The van der Waals surface area contributed by atoms with Gasteiger partial charge in [0.05, 0.1) is 5.69 Å². The van der Waals surface area contributed by atoms with Gasteiger partial charge in [-0.2, -0.15) is 10.1 Å². The molecule has 29 heavy (non-hydrogen) atoms. The first-order valence-electron chi connectivity index (χ1n) is 9.29. The lowest BCUT2D eigenvalue weighted by molar-refractivity contribution is -0.138. The minimum atomic E-state index is -1.43. The van der Waals surface area contributed by atoms with E-state index in [0.29, 0.717) is 11.4 Å². The molecule has 0 saturated carbocycles. The number of anilines is 2. The predicted molar refractivity (Wildman–Crippen MR) is 113 cm³/mol. The van der Waals surface area contributed by atoms with Crippen molar-refractivity contribution in [3.8, 4) is 0 Å². The lowest BCUT2D eigenvalue weighted by Crippen LogP contribution is -2.41. The Hall–Kier alpha value is -3.48. The zero-order chi connectivity index (χ0) is 21.3. The fourth-order valence-corrected chi connectivity index (χ4v) is 3.24. The number of hydrogen-bond donors (Lipinski definition) is 2. The van der Waals surface area contributed by atoms with Crippen LogP contribution >= 0.6 is 0 Å². The molecule has 2 aromatic carbocycles. The molecule has 3 rings (SSSR count). The van der Waals surface area contributed by atoms with E-state index in [1.54, 1.807) is 30.3 Å². The summed E-state index contributed by atoms with van der Waals surface area (Å²) in [6.07, 6.45) is 0. The number of amidine groups is 1. The highest BCUT2D eigenvalue weighted by atomic mass is 16.2. The molecular weight excluding hydrogens is 368 g/mol. The summed E-state index contributed by atoms with van der Waals surface area (Å²) in [5.41, 5.74) is 8.36. The highest BCUT2D eigenvalue weighted by Crippen LogP contribution is 2.32. The van der Waals surface area contributed by atoms with E-state index in [1.807, 2.05) is 45.9 Å². The maximum absolute atomic E-state index is 12.8. The van der Waals surface area contributed by atoms with Crippen LogP contribution in [0.5, 0.6) is 0 Å². The van der Waals surface area contributed by atoms with Gasteiger partial charge in [-0.1, -0.05) is 57.2 Å². The number of nitrogens with two attached hydrogens (primary N) is 1. The molecule has 0 spiro atoms. The first-order chi connectivity index (χ1) is 13.6. The molecule has 1 aliphatic heterocycles. The number of ketones is 1. The summed E-state index contributed by atoms with van der Waals surface area (Å²) in [5, 5.41) is 7.73. The third-order valence-corrected chi connectivity index (χ3v) is 4.77. The van der Waals surface area contributed by atoms with Crippen LogP contribution in [0.3, 0.4) is 0 Å². The molecule has 7 heteroatoms. The van der Waals surface area contributed by atoms with Gasteiger partial charge in [0.25, 0.3) is 11.8 Å². The van der Waals surface area contributed by atoms with Gasteiger partial charge in [0.1, 0.15) is 5.84 Å². The van der Waals surface area contributed by atoms with Crippen molar-refractivity contribution < 1.29 is 14.4 Å². The third-order valence-electron chi connectivity index (χ3n) is 4.77. The lowest BCUT2D eigenvalue weighted by atomic mass is 9.84. The fourth-order valence-electron chi connectivity index (χ4n) is 3.24. The summed E-state index contributed by atoms with van der Waals surface area (Å²) < 4.78 is 0. The average molecular weight is 392 g/mol. The largest absolute Gasteiger partial charge is 0.385 e. The van der Waals surface area contributed by atoms with Crippen molar-refractivity contribution >= 4 is 34.8 Å². The Morgan fingerprint density at radius 2 is 1.72 bits per heavy atom. The topological polar surface area (TPSA) is 105 Å². The van der Waals surface area contributed by atoms with Crippen LogP contribution in [0, 0.1) is 12.8 Å². The second kappa shape index (κ2) is 7.50. The number of carbonyl (C=O) groups excluding carboxylic acids is 3. The van der Waals surface area contributed by atoms with Crippen molar-refractivity contribution in [2.24, 2.45) is 16.8 Å². The Bertz CT molecular complexity index is 1010. The molecule has 2 amide bonds. The number of hydrogen-bond acceptors (Lipinski definition) is 5. The van der Waals surface area contributed by atoms with Crippen LogP contribution in [0.1, 0.15) is 31.9 Å². The highest BCUT2D eigenvalue weighted by Gasteiger charge is 2.43. The van der Waals surface area contributed by atoms with E-state index in [1.165, 1.54) is 0 Å². The Balaban J connectivity index is 1.85. The monoisotopic (exact) mass is 392 g/mol. The number of amides is 2. The molecule has 0 aliphatic carbocycles. The highest BCUT2D eigenvalue weighted by molar-refractivity contribution is 6.50. The first-order valence-corrected chi connectivity index (χ1v) is 9.29. The maximum atomic E-state index is 12.8. The van der Waals surface area contributed by atoms with Crippen molar-refractivity contribution in [3.05, 3.63) is 59.7 Å². The van der Waals surface area contributed by atoms with Crippen molar-refractivity contribution in [1.29, 1.82) is 0 Å². The minimum absolute atomic E-state index is 0.195. The lowest BCUT2D eigenvalue weighted by Gasteiger charge is -2.24. The molecule has 3 N–H and O–H groups in total. The van der Waals surface area contributed by atoms with E-state index in [0.717, 1.165) is 16.1 Å². The van der Waals surface area contributed by atoms with Gasteiger partial charge in [-0.3, -0.25) is 14.4 Å². The van der Waals surface area contributed by atoms with Crippen LogP contribution in [-0.4, -0.2) is 23.4 Å². The van der Waals surface area contributed by atoms with Crippen molar-refractivity contribution in [2.75, 3.05) is 10.3 Å². The molecule has 2 aromatic rings. The van der Waals surface area contributed by atoms with E-state index in [4.69, 9.17) is 5.73 Å². The van der Waals surface area contributed by atoms with Crippen LogP contribution in [0.25, 0.3) is 0 Å². The Morgan fingerprint density at radius 3 is 2.34 bits per heavy atom. The molecule has 0 aromatic heterocycles. The summed E-state index contributed by atoms with van der Waals surface area (Å²) in [5.74, 6) is -4.10. The molecule has 1 atom stereocenters. The van der Waals surface area contributed by atoms with Crippen LogP contribution in [-0.2, 0) is 19.8 Å². The molecule has 7 nitrogen and oxygen atoms in total. The van der Waals surface area contributed by atoms with Crippen molar-refractivity contribution in [2.45, 2.75) is 33.1 Å². The number of para-hydroxylation sites is 2. The van der Waals surface area contributed by atoms with Gasteiger partial charge in [-0.25, -0.2) is 0 Å². The molecule has 150 valence electrons. The number of benzene rings is 2. The number of Topliss-reactive ketones (excluding diaryl/α,β-unsaturated/α-hetero) is 1. The summed E-state index contributed by atoms with van der Waals surface area (Å²) in [7, 11) is 0. The van der Waals surface area contributed by atoms with Crippen LogP contribution in [0.2, 0.25) is 0 Å². The van der Waals surface area contributed by atoms with Crippen molar-refractivity contribution in [1.82, 2.24) is 0 Å². The second-order valence-corrected chi connectivity index (χ2v) is 8.01. The zero-order valence-electron chi connectivity index (χ0n) is 16.9. The van der Waals surface area contributed by atoms with Gasteiger partial charge in [0.15, 0.2) is 5.92 Å². The number of aryl methyl sites for hydroxylation is 1. The van der Waals surface area contributed by atoms with Crippen LogP contribution in [0.4, 0.5) is 11.4 Å². The first kappa shape index (κ1) is 20.3. The molecule has 0 radical (unpaired) electrons. The van der Waals surface area contributed by atoms with E-state index in [-0.39, 0.29) is 11.3 Å². The maximum Gasteiger partial charge on any atom is 0.293 e. The summed E-state index contributed by atoms with van der Waals surface area (Å²) in [4.78, 5) is 38.3. The second-order valence-electron chi connectivity index (χ2n) is 8.01. The van der Waals surface area contributed by atoms with Gasteiger partial charge < -0.3 is 11.1 Å². The third kappa shape index (κ3) is 3.89. The number of nitrogens with one attached hydrogen (secondary N) is 1. The van der Waals surface area contributed by atoms with E-state index in [2.05, 4.69) is 10.4 Å². The number of carbonyl (C=O) groups is 3. The normalized spacial score (nSPS) is 16.6. The average Bonchev–Trinajstić information content (AvgIpc) is 2.96. The van der Waals surface area contributed by atoms with Gasteiger partial charge in [-0.05, 0) is 35.6 Å². The number of hydrazone groups is 1. The Morgan fingerprint density at radius 1 is 1.07 bits per heavy atom. The summed E-state index contributed by atoms with van der Waals surface area (Å²) in [6, 6.07) is 14.3. The minimum Gasteiger partial charge on any atom is -0.385 e. The van der Waals surface area contributed by atoms with E-state index < -0.39 is 23.5 Å². The molecule has 1 aliphatic rings. The van der Waals surface area contributed by atoms with E-state index >= 15 is 0 Å². The number of rotatable bonds is 4. The SMILES string of the molecule is Cc1cccc(C(C)(C)C)c1NC(=O)C(=O)[C@@H]1C(=O)N(c2ccccc2)N=C1N. The van der Waals surface area contributed by atoms with Crippen molar-refractivity contribution in [3.63, 3.8) is 0 Å². The van der Waals surface area contributed by atoms with E-state index in [9.17, 15) is 14.4 Å². The van der Waals surface area contributed by atoms with Gasteiger partial charge in [0, 0.05) is 5.69 Å². The molecular formula is C22H24N4O3. The Labute approximate surface area is 169 Å². The summed E-state index contributed by atoms with van der Waals surface area (Å²) in [6.45, 7) is 7.90. The molecule has 0 saturated heterocycles. The van der Waals surface area contributed by atoms with Gasteiger partial charge >= 0.3 is 0 Å².